The molecule has 0 bridgehead atoms. The van der Waals surface area contributed by atoms with Crippen molar-refractivity contribution in [2.24, 2.45) is 0 Å². The van der Waals surface area contributed by atoms with Crippen LogP contribution in [0.15, 0.2) is 30.6 Å². The predicted octanol–water partition coefficient (Wildman–Crippen LogP) is 3.86. The van der Waals surface area contributed by atoms with E-state index < -0.39 is 0 Å². The normalized spacial score (nSPS) is 10.9. The van der Waals surface area contributed by atoms with E-state index in [1.54, 1.807) is 24.5 Å². The van der Waals surface area contributed by atoms with Crippen molar-refractivity contribution < 1.29 is 4.79 Å². The van der Waals surface area contributed by atoms with Crippen LogP contribution in [0, 0.1) is 0 Å². The number of nitrogens with one attached hydrogen (secondary N) is 2. The number of aromatic amines is 1. The summed E-state index contributed by atoms with van der Waals surface area (Å²) in [4.78, 5) is 19.6. The molecule has 20 heavy (non-hydrogen) atoms. The molecular weight excluding hydrogens is 317 g/mol. The van der Waals surface area contributed by atoms with Crippen molar-refractivity contribution in [2.45, 2.75) is 6.54 Å². The van der Waals surface area contributed by atoms with E-state index in [0.29, 0.717) is 27.3 Å². The minimum atomic E-state index is -0.219. The number of aromatic nitrogens is 2. The lowest BCUT2D eigenvalue weighted by atomic mass is 10.2. The first-order valence-electron chi connectivity index (χ1n) is 5.79. The highest BCUT2D eigenvalue weighted by atomic mass is 35.5. The second-order valence-electron chi connectivity index (χ2n) is 4.10. The standard InChI is InChI=1S/C13H9Cl2N3OS/c14-7-1-2-8-9(5-7)20-12(11(8)15)13(19)18-6-10-16-3-4-17-10/h1-5H,6H2,(H,16,17)(H,18,19). The molecule has 3 aromatic rings. The van der Waals surface area contributed by atoms with E-state index in [1.165, 1.54) is 11.3 Å². The van der Waals surface area contributed by atoms with Gasteiger partial charge in [0.25, 0.3) is 5.91 Å². The molecule has 0 fully saturated rings. The fraction of sp³-hybridized carbons (Fsp3) is 0.0769. The van der Waals surface area contributed by atoms with Gasteiger partial charge in [0.2, 0.25) is 0 Å². The van der Waals surface area contributed by atoms with Gasteiger partial charge in [-0.05, 0) is 12.1 Å². The molecule has 102 valence electrons. The zero-order valence-electron chi connectivity index (χ0n) is 10.1. The topological polar surface area (TPSA) is 57.8 Å². The summed E-state index contributed by atoms with van der Waals surface area (Å²) in [6, 6.07) is 5.38. The van der Waals surface area contributed by atoms with Crippen LogP contribution < -0.4 is 5.32 Å². The molecule has 0 spiro atoms. The molecule has 0 aliphatic heterocycles. The van der Waals surface area contributed by atoms with E-state index in [1.807, 2.05) is 6.07 Å². The Bertz CT molecular complexity index is 767. The predicted molar refractivity (Wildman–Crippen MR) is 81.6 cm³/mol. The maximum absolute atomic E-state index is 12.2. The van der Waals surface area contributed by atoms with Gasteiger partial charge in [-0.1, -0.05) is 29.3 Å². The number of rotatable bonds is 3. The van der Waals surface area contributed by atoms with Crippen molar-refractivity contribution >= 4 is 50.5 Å². The SMILES string of the molecule is O=C(NCc1ncc[nH]1)c1sc2cc(Cl)ccc2c1Cl. The van der Waals surface area contributed by atoms with Gasteiger partial charge in [-0.25, -0.2) is 4.98 Å². The summed E-state index contributed by atoms with van der Waals surface area (Å²) < 4.78 is 0.894. The fourth-order valence-corrected chi connectivity index (χ4v) is 3.53. The number of hydrogen-bond donors (Lipinski definition) is 2. The highest BCUT2D eigenvalue weighted by Crippen LogP contribution is 2.36. The summed E-state index contributed by atoms with van der Waals surface area (Å²) in [6.07, 6.45) is 3.34. The number of halogens is 2. The maximum Gasteiger partial charge on any atom is 0.263 e. The molecule has 0 aliphatic carbocycles. The van der Waals surface area contributed by atoms with Crippen LogP contribution in [0.2, 0.25) is 10.0 Å². The summed E-state index contributed by atoms with van der Waals surface area (Å²) in [5.74, 6) is 0.474. The zero-order valence-corrected chi connectivity index (χ0v) is 12.4. The van der Waals surface area contributed by atoms with Gasteiger partial charge in [-0.3, -0.25) is 4.79 Å². The average molecular weight is 326 g/mol. The van der Waals surface area contributed by atoms with Gasteiger partial charge in [0.15, 0.2) is 0 Å². The fourth-order valence-electron chi connectivity index (χ4n) is 1.82. The van der Waals surface area contributed by atoms with Crippen molar-refractivity contribution in [1.29, 1.82) is 0 Å². The van der Waals surface area contributed by atoms with Crippen LogP contribution >= 0.6 is 34.5 Å². The maximum atomic E-state index is 12.2. The van der Waals surface area contributed by atoms with Gasteiger partial charge < -0.3 is 10.3 Å². The van der Waals surface area contributed by atoms with Gasteiger partial charge in [0, 0.05) is 27.5 Å². The number of amides is 1. The molecule has 0 aliphatic rings. The molecule has 2 aromatic heterocycles. The third-order valence-electron chi connectivity index (χ3n) is 2.77. The number of hydrogen-bond acceptors (Lipinski definition) is 3. The first-order valence-corrected chi connectivity index (χ1v) is 7.36. The Morgan fingerprint density at radius 2 is 2.25 bits per heavy atom. The Balaban J connectivity index is 1.85. The van der Waals surface area contributed by atoms with Crippen molar-refractivity contribution in [2.75, 3.05) is 0 Å². The van der Waals surface area contributed by atoms with E-state index in [4.69, 9.17) is 23.2 Å². The molecule has 1 amide bonds. The first kappa shape index (κ1) is 13.4. The van der Waals surface area contributed by atoms with Crippen molar-refractivity contribution in [3.63, 3.8) is 0 Å². The van der Waals surface area contributed by atoms with Crippen LogP contribution in [0.1, 0.15) is 15.5 Å². The number of H-pyrrole nitrogens is 1. The minimum absolute atomic E-state index is 0.219. The summed E-state index contributed by atoms with van der Waals surface area (Å²) >= 11 is 13.5. The number of thiophene rings is 1. The number of fused-ring (bicyclic) bond motifs is 1. The molecule has 2 heterocycles. The number of benzene rings is 1. The van der Waals surface area contributed by atoms with Crippen molar-refractivity contribution in [3.8, 4) is 0 Å². The van der Waals surface area contributed by atoms with E-state index in [9.17, 15) is 4.79 Å². The molecule has 0 atom stereocenters. The Kier molecular flexibility index (Phi) is 3.65. The van der Waals surface area contributed by atoms with Gasteiger partial charge in [0.1, 0.15) is 10.7 Å². The second kappa shape index (κ2) is 5.44. The Hall–Kier alpha value is -1.56. The van der Waals surface area contributed by atoms with Crippen LogP contribution in [-0.4, -0.2) is 15.9 Å². The van der Waals surface area contributed by atoms with E-state index in [2.05, 4.69) is 15.3 Å². The molecule has 0 unspecified atom stereocenters. The van der Waals surface area contributed by atoms with Gasteiger partial charge in [-0.2, -0.15) is 0 Å². The third-order valence-corrected chi connectivity index (χ3v) is 4.66. The van der Waals surface area contributed by atoms with Crippen LogP contribution in [-0.2, 0) is 6.54 Å². The third kappa shape index (κ3) is 2.52. The Labute approximate surface area is 128 Å². The lowest BCUT2D eigenvalue weighted by Crippen LogP contribution is -2.22. The molecule has 4 nitrogen and oxygen atoms in total. The van der Waals surface area contributed by atoms with Crippen LogP contribution in [0.5, 0.6) is 0 Å². The van der Waals surface area contributed by atoms with E-state index in [-0.39, 0.29) is 5.91 Å². The lowest BCUT2D eigenvalue weighted by Gasteiger charge is -2.01. The average Bonchev–Trinajstić information content (AvgIpc) is 3.04. The van der Waals surface area contributed by atoms with Gasteiger partial charge in [-0.15, -0.1) is 11.3 Å². The lowest BCUT2D eigenvalue weighted by molar-refractivity contribution is 0.0954. The van der Waals surface area contributed by atoms with E-state index >= 15 is 0 Å². The van der Waals surface area contributed by atoms with Gasteiger partial charge >= 0.3 is 0 Å². The quantitative estimate of drug-likeness (QED) is 0.768. The molecule has 0 saturated heterocycles. The molecule has 1 aromatic carbocycles. The zero-order chi connectivity index (χ0) is 14.1. The molecule has 0 radical (unpaired) electrons. The summed E-state index contributed by atoms with van der Waals surface area (Å²) in [5, 5.41) is 4.70. The van der Waals surface area contributed by atoms with Crippen LogP contribution in [0.4, 0.5) is 0 Å². The van der Waals surface area contributed by atoms with Crippen molar-refractivity contribution in [3.05, 3.63) is 51.3 Å². The highest BCUT2D eigenvalue weighted by Gasteiger charge is 2.17. The molecule has 7 heteroatoms. The molecule has 3 rings (SSSR count). The van der Waals surface area contributed by atoms with Gasteiger partial charge in [0.05, 0.1) is 11.6 Å². The van der Waals surface area contributed by atoms with Crippen LogP contribution in [0.3, 0.4) is 0 Å². The smallest absolute Gasteiger partial charge is 0.263 e. The van der Waals surface area contributed by atoms with Crippen LogP contribution in [0.25, 0.3) is 10.1 Å². The number of nitrogens with zero attached hydrogens (tertiary/aromatic N) is 1. The monoisotopic (exact) mass is 325 g/mol. The first-order chi connectivity index (χ1) is 9.65. The number of carbonyl (C=O) groups is 1. The molecule has 2 N–H and O–H groups in total. The largest absolute Gasteiger partial charge is 0.347 e. The summed E-state index contributed by atoms with van der Waals surface area (Å²) in [5.41, 5.74) is 0. The second-order valence-corrected chi connectivity index (χ2v) is 5.97. The minimum Gasteiger partial charge on any atom is -0.347 e. The Morgan fingerprint density at radius 3 is 3.00 bits per heavy atom. The van der Waals surface area contributed by atoms with Crippen molar-refractivity contribution in [1.82, 2.24) is 15.3 Å². The Morgan fingerprint density at radius 1 is 1.40 bits per heavy atom. The summed E-state index contributed by atoms with van der Waals surface area (Å²) in [6.45, 7) is 0.331. The molecular formula is C13H9Cl2N3OS. The highest BCUT2D eigenvalue weighted by molar-refractivity contribution is 7.21. The number of imidazole rings is 1. The van der Waals surface area contributed by atoms with E-state index in [0.717, 1.165) is 10.1 Å². The number of carbonyl (C=O) groups excluding carboxylic acids is 1. The molecule has 0 saturated carbocycles. The summed E-state index contributed by atoms with van der Waals surface area (Å²) in [7, 11) is 0.